The van der Waals surface area contributed by atoms with E-state index in [1.54, 1.807) is 12.1 Å². The zero-order valence-electron chi connectivity index (χ0n) is 15.2. The van der Waals surface area contributed by atoms with Crippen LogP contribution in [0.5, 0.6) is 0 Å². The maximum absolute atomic E-state index is 12.2. The zero-order chi connectivity index (χ0) is 18.9. The molecule has 1 aromatic carbocycles. The molecule has 2 atom stereocenters. The van der Waals surface area contributed by atoms with Gasteiger partial charge in [0.15, 0.2) is 9.84 Å². The molecule has 1 N–H and O–H groups in total. The minimum atomic E-state index is -3.30. The lowest BCUT2D eigenvalue weighted by molar-refractivity contribution is -0.117. The van der Waals surface area contributed by atoms with Gasteiger partial charge in [-0.3, -0.25) is 9.69 Å². The van der Waals surface area contributed by atoms with Crippen LogP contribution in [0.1, 0.15) is 30.8 Å². The molecule has 1 aliphatic rings. The Hall–Kier alpha value is -2.12. The summed E-state index contributed by atoms with van der Waals surface area (Å²) >= 11 is 0. The zero-order valence-corrected chi connectivity index (χ0v) is 16.0. The van der Waals surface area contributed by atoms with Crippen molar-refractivity contribution >= 4 is 21.4 Å². The molecular weight excluding hydrogens is 352 g/mol. The van der Waals surface area contributed by atoms with Crippen molar-refractivity contribution in [1.29, 1.82) is 0 Å². The van der Waals surface area contributed by atoms with Crippen LogP contribution in [-0.2, 0) is 21.2 Å². The maximum Gasteiger partial charge on any atom is 0.238 e. The Bertz CT molecular complexity index is 904. The number of carbonyl (C=O) groups is 1. The second kappa shape index (κ2) is 7.25. The monoisotopic (exact) mass is 376 g/mol. The van der Waals surface area contributed by atoms with Crippen LogP contribution in [0.4, 0.5) is 5.69 Å². The van der Waals surface area contributed by atoms with Gasteiger partial charge < -0.3 is 9.73 Å². The largest absolute Gasteiger partial charge is 0.464 e. The average Bonchev–Trinajstić information content (AvgIpc) is 3.09. The molecule has 7 heteroatoms. The molecule has 3 rings (SSSR count). The third kappa shape index (κ3) is 4.74. The van der Waals surface area contributed by atoms with Crippen molar-refractivity contribution in [3.05, 3.63) is 47.9 Å². The van der Waals surface area contributed by atoms with Gasteiger partial charge in [0.1, 0.15) is 11.5 Å². The number of rotatable bonds is 7. The van der Waals surface area contributed by atoms with Crippen molar-refractivity contribution in [2.45, 2.75) is 30.7 Å². The minimum Gasteiger partial charge on any atom is -0.464 e. The average molecular weight is 376 g/mol. The van der Waals surface area contributed by atoms with Gasteiger partial charge in [-0.1, -0.05) is 13.0 Å². The molecule has 0 saturated heterocycles. The Kier molecular flexibility index (Phi) is 5.20. The molecule has 0 aliphatic heterocycles. The van der Waals surface area contributed by atoms with Crippen LogP contribution in [-0.4, -0.2) is 39.1 Å². The molecule has 0 radical (unpaired) electrons. The number of amides is 1. The number of furan rings is 1. The van der Waals surface area contributed by atoms with Gasteiger partial charge in [-0.25, -0.2) is 8.42 Å². The first-order chi connectivity index (χ1) is 12.2. The number of benzene rings is 1. The van der Waals surface area contributed by atoms with Crippen LogP contribution < -0.4 is 5.32 Å². The first-order valence-corrected chi connectivity index (χ1v) is 10.5. The first-order valence-electron chi connectivity index (χ1n) is 8.59. The second-order valence-corrected chi connectivity index (χ2v) is 9.16. The first kappa shape index (κ1) is 18.7. The fourth-order valence-corrected chi connectivity index (χ4v) is 3.64. The van der Waals surface area contributed by atoms with Gasteiger partial charge in [0, 0.05) is 17.9 Å². The van der Waals surface area contributed by atoms with Gasteiger partial charge in [-0.15, -0.1) is 0 Å². The molecular formula is C19H24N2O4S. The summed E-state index contributed by atoms with van der Waals surface area (Å²) in [6.45, 7) is 2.93. The summed E-state index contributed by atoms with van der Waals surface area (Å²) in [5, 5.41) is 2.73. The number of likely N-dealkylation sites (N-methyl/N-ethyl adjacent to an activating group) is 1. The highest BCUT2D eigenvalue weighted by atomic mass is 32.2. The molecule has 0 bridgehead atoms. The van der Waals surface area contributed by atoms with Crippen molar-refractivity contribution in [3.8, 4) is 0 Å². The molecule has 26 heavy (non-hydrogen) atoms. The topological polar surface area (TPSA) is 79.6 Å². The van der Waals surface area contributed by atoms with Crippen LogP contribution in [0.3, 0.4) is 0 Å². The van der Waals surface area contributed by atoms with E-state index in [0.29, 0.717) is 24.1 Å². The number of nitrogens with zero attached hydrogens (tertiary/aromatic N) is 1. The predicted molar refractivity (Wildman–Crippen MR) is 99.7 cm³/mol. The van der Waals surface area contributed by atoms with Crippen molar-refractivity contribution in [2.75, 3.05) is 25.2 Å². The molecule has 6 nitrogen and oxygen atoms in total. The number of hydrogen-bond acceptors (Lipinski definition) is 5. The smallest absolute Gasteiger partial charge is 0.238 e. The Labute approximate surface area is 154 Å². The van der Waals surface area contributed by atoms with E-state index in [1.165, 1.54) is 18.6 Å². The molecule has 140 valence electrons. The summed E-state index contributed by atoms with van der Waals surface area (Å²) in [7, 11) is -1.46. The highest BCUT2D eigenvalue weighted by Crippen LogP contribution is 2.47. The van der Waals surface area contributed by atoms with E-state index in [4.69, 9.17) is 4.42 Å². The third-order valence-corrected chi connectivity index (χ3v) is 5.65. The Morgan fingerprint density at radius 2 is 2.04 bits per heavy atom. The van der Waals surface area contributed by atoms with E-state index in [9.17, 15) is 13.2 Å². The maximum atomic E-state index is 12.2. The number of carbonyl (C=O) groups excluding carboxylic acids is 1. The normalized spacial score (nSPS) is 19.5. The second-order valence-electron chi connectivity index (χ2n) is 7.14. The number of sulfone groups is 1. The lowest BCUT2D eigenvalue weighted by atomic mass is 10.3. The summed E-state index contributed by atoms with van der Waals surface area (Å²) in [5.41, 5.74) is 0.467. The van der Waals surface area contributed by atoms with Crippen molar-refractivity contribution in [1.82, 2.24) is 4.90 Å². The Morgan fingerprint density at radius 1 is 1.31 bits per heavy atom. The molecule has 2 aromatic rings. The minimum absolute atomic E-state index is 0.180. The van der Waals surface area contributed by atoms with Gasteiger partial charge in [0.2, 0.25) is 5.91 Å². The predicted octanol–water partition coefficient (Wildman–Crippen LogP) is 2.88. The highest BCUT2D eigenvalue weighted by molar-refractivity contribution is 7.90. The van der Waals surface area contributed by atoms with Crippen LogP contribution in [0.25, 0.3) is 0 Å². The molecule has 0 unspecified atom stereocenters. The Balaban J connectivity index is 1.53. The molecule has 1 saturated carbocycles. The van der Waals surface area contributed by atoms with Crippen LogP contribution in [0, 0.1) is 5.92 Å². The van der Waals surface area contributed by atoms with E-state index >= 15 is 0 Å². The summed E-state index contributed by atoms with van der Waals surface area (Å²) in [6.07, 6.45) is 2.32. The molecule has 1 heterocycles. The highest BCUT2D eigenvalue weighted by Gasteiger charge is 2.36. The van der Waals surface area contributed by atoms with Crippen LogP contribution in [0.15, 0.2) is 45.7 Å². The van der Waals surface area contributed by atoms with E-state index in [2.05, 4.69) is 12.2 Å². The van der Waals surface area contributed by atoms with E-state index in [0.717, 1.165) is 17.8 Å². The fourth-order valence-electron chi connectivity index (χ4n) is 2.97. The summed E-state index contributed by atoms with van der Waals surface area (Å²) < 4.78 is 29.1. The van der Waals surface area contributed by atoms with Crippen LogP contribution >= 0.6 is 0 Å². The summed E-state index contributed by atoms with van der Waals surface area (Å²) in [4.78, 5) is 14.2. The van der Waals surface area contributed by atoms with Gasteiger partial charge in [-0.05, 0) is 49.7 Å². The van der Waals surface area contributed by atoms with Gasteiger partial charge in [0.25, 0.3) is 0 Å². The quantitative estimate of drug-likeness (QED) is 0.804. The van der Waals surface area contributed by atoms with E-state index in [-0.39, 0.29) is 17.3 Å². The Morgan fingerprint density at radius 3 is 2.69 bits per heavy atom. The third-order valence-electron chi connectivity index (χ3n) is 4.54. The lowest BCUT2D eigenvalue weighted by Crippen LogP contribution is -2.29. The molecule has 1 fully saturated rings. The molecule has 1 aromatic heterocycles. The van der Waals surface area contributed by atoms with Crippen LogP contribution in [0.2, 0.25) is 0 Å². The van der Waals surface area contributed by atoms with E-state index < -0.39 is 9.84 Å². The summed E-state index contributed by atoms with van der Waals surface area (Å²) in [6, 6.07) is 10.2. The van der Waals surface area contributed by atoms with Gasteiger partial charge >= 0.3 is 0 Å². The number of nitrogens with one attached hydrogen (secondary N) is 1. The molecule has 0 spiro atoms. The van der Waals surface area contributed by atoms with Crippen molar-refractivity contribution < 1.29 is 17.6 Å². The SMILES string of the molecule is C[C@H]1C[C@@H]1c1ccc(CN(C)CC(=O)Nc2cccc(S(C)(=O)=O)c2)o1. The number of hydrogen-bond donors (Lipinski definition) is 1. The summed E-state index contributed by atoms with van der Waals surface area (Å²) in [5.74, 6) is 2.90. The van der Waals surface area contributed by atoms with Gasteiger partial charge in [0.05, 0.1) is 18.0 Å². The fraction of sp³-hybridized carbons (Fsp3) is 0.421. The van der Waals surface area contributed by atoms with E-state index in [1.807, 2.05) is 24.1 Å². The molecule has 1 amide bonds. The van der Waals surface area contributed by atoms with Gasteiger partial charge in [-0.2, -0.15) is 0 Å². The number of anilines is 1. The lowest BCUT2D eigenvalue weighted by Gasteiger charge is -2.15. The van der Waals surface area contributed by atoms with Crippen molar-refractivity contribution in [3.63, 3.8) is 0 Å². The standard InChI is InChI=1S/C19H24N2O4S/c1-13-9-17(13)18-8-7-15(25-18)11-21(2)12-19(22)20-14-5-4-6-16(10-14)26(3,23)24/h4-8,10,13,17H,9,11-12H2,1-3H3,(H,20,22)/t13-,17-/m0/s1. The van der Waals surface area contributed by atoms with Crippen molar-refractivity contribution in [2.24, 2.45) is 5.92 Å². The molecule has 1 aliphatic carbocycles.